The first kappa shape index (κ1) is 17.1. The van der Waals surface area contributed by atoms with Crippen LogP contribution in [-0.4, -0.2) is 53.8 Å². The lowest BCUT2D eigenvalue weighted by molar-refractivity contribution is -0.133. The number of furan rings is 1. The van der Waals surface area contributed by atoms with Crippen LogP contribution in [0.15, 0.2) is 65.3 Å². The average molecular weight is 364 g/mol. The van der Waals surface area contributed by atoms with Gasteiger partial charge in [0.25, 0.3) is 5.91 Å². The van der Waals surface area contributed by atoms with Crippen molar-refractivity contribution >= 4 is 11.7 Å². The molecule has 1 fully saturated rings. The van der Waals surface area contributed by atoms with Crippen molar-refractivity contribution in [2.24, 2.45) is 0 Å². The fourth-order valence-electron chi connectivity index (χ4n) is 2.99. The molecule has 1 aliphatic rings. The number of carbonyl (C=O) groups excluding carboxylic acids is 1. The van der Waals surface area contributed by atoms with Crippen LogP contribution in [0.2, 0.25) is 0 Å². The van der Waals surface area contributed by atoms with Crippen LogP contribution >= 0.6 is 0 Å². The lowest BCUT2D eigenvalue weighted by Crippen LogP contribution is -2.50. The minimum absolute atomic E-state index is 0.00208. The Morgan fingerprint density at radius 1 is 0.963 bits per heavy atom. The number of nitrogens with zero attached hydrogens (tertiary/aromatic N) is 4. The number of amides is 1. The molecule has 7 nitrogen and oxygen atoms in total. The van der Waals surface area contributed by atoms with Gasteiger partial charge in [-0.25, -0.2) is 0 Å². The molecule has 1 aromatic carbocycles. The molecule has 0 N–H and O–H groups in total. The fraction of sp³-hybridized carbons (Fsp3) is 0.250. The van der Waals surface area contributed by atoms with Crippen molar-refractivity contribution in [2.45, 2.75) is 0 Å². The quantitative estimate of drug-likeness (QED) is 0.693. The van der Waals surface area contributed by atoms with E-state index in [-0.39, 0.29) is 12.5 Å². The summed E-state index contributed by atoms with van der Waals surface area (Å²) in [6.45, 7) is 2.76. The van der Waals surface area contributed by atoms with Crippen LogP contribution in [0, 0.1) is 0 Å². The second-order valence-corrected chi connectivity index (χ2v) is 6.22. The predicted molar refractivity (Wildman–Crippen MR) is 100 cm³/mol. The van der Waals surface area contributed by atoms with E-state index in [4.69, 9.17) is 9.15 Å². The molecule has 138 valence electrons. The van der Waals surface area contributed by atoms with E-state index in [2.05, 4.69) is 15.1 Å². The van der Waals surface area contributed by atoms with Gasteiger partial charge in [0.1, 0.15) is 11.4 Å². The van der Waals surface area contributed by atoms with Crippen LogP contribution in [0.1, 0.15) is 0 Å². The number of ether oxygens (including phenoxy) is 1. The summed E-state index contributed by atoms with van der Waals surface area (Å²) in [5, 5.41) is 8.52. The van der Waals surface area contributed by atoms with E-state index in [0.717, 1.165) is 5.82 Å². The summed E-state index contributed by atoms with van der Waals surface area (Å²) < 4.78 is 10.9. The first-order valence-corrected chi connectivity index (χ1v) is 8.88. The van der Waals surface area contributed by atoms with Crippen molar-refractivity contribution in [3.05, 3.63) is 60.9 Å². The molecule has 0 aliphatic carbocycles. The third kappa shape index (κ3) is 4.08. The largest absolute Gasteiger partial charge is 0.484 e. The molecule has 0 bridgehead atoms. The molecule has 0 unspecified atom stereocenters. The number of anilines is 1. The number of rotatable bonds is 5. The Morgan fingerprint density at radius 2 is 1.78 bits per heavy atom. The highest BCUT2D eigenvalue weighted by Crippen LogP contribution is 2.19. The molecule has 1 saturated heterocycles. The Bertz CT molecular complexity index is 858. The molecular weight excluding hydrogens is 344 g/mol. The van der Waals surface area contributed by atoms with Crippen molar-refractivity contribution in [2.75, 3.05) is 37.7 Å². The van der Waals surface area contributed by atoms with Gasteiger partial charge in [0.05, 0.1) is 6.26 Å². The van der Waals surface area contributed by atoms with Gasteiger partial charge < -0.3 is 19.0 Å². The number of hydrogen-bond donors (Lipinski definition) is 0. The molecule has 0 saturated carbocycles. The van der Waals surface area contributed by atoms with Crippen molar-refractivity contribution in [1.82, 2.24) is 15.1 Å². The Balaban J connectivity index is 1.29. The summed E-state index contributed by atoms with van der Waals surface area (Å²) in [7, 11) is 0. The molecule has 2 aromatic heterocycles. The standard InChI is InChI=1S/C20H20N4O3/c25-20(15-27-16-5-2-1-3-6-16)24-12-10-23(11-13-24)19-9-8-17(21-22-19)18-7-4-14-26-18/h1-9,14H,10-13,15H2. The summed E-state index contributed by atoms with van der Waals surface area (Å²) >= 11 is 0. The Labute approximate surface area is 157 Å². The summed E-state index contributed by atoms with van der Waals surface area (Å²) in [5.41, 5.74) is 0.704. The SMILES string of the molecule is O=C(COc1ccccc1)N1CCN(c2ccc(-c3ccco3)nn2)CC1. The topological polar surface area (TPSA) is 71.7 Å². The second kappa shape index (κ2) is 7.90. The monoisotopic (exact) mass is 364 g/mol. The van der Waals surface area contributed by atoms with E-state index in [1.54, 1.807) is 6.26 Å². The number of carbonyl (C=O) groups is 1. The maximum atomic E-state index is 12.3. The second-order valence-electron chi connectivity index (χ2n) is 6.22. The molecule has 4 rings (SSSR count). The van der Waals surface area contributed by atoms with Gasteiger partial charge in [0.2, 0.25) is 0 Å². The smallest absolute Gasteiger partial charge is 0.260 e. The van der Waals surface area contributed by atoms with Gasteiger partial charge in [-0.3, -0.25) is 4.79 Å². The predicted octanol–water partition coefficient (Wildman–Crippen LogP) is 2.46. The normalized spacial score (nSPS) is 14.2. The molecule has 0 spiro atoms. The highest BCUT2D eigenvalue weighted by Gasteiger charge is 2.22. The van der Waals surface area contributed by atoms with Crippen molar-refractivity contribution in [3.8, 4) is 17.2 Å². The van der Waals surface area contributed by atoms with E-state index in [9.17, 15) is 4.79 Å². The minimum Gasteiger partial charge on any atom is -0.484 e. The summed E-state index contributed by atoms with van der Waals surface area (Å²) in [6, 6.07) is 16.9. The number of aromatic nitrogens is 2. The van der Waals surface area contributed by atoms with Gasteiger partial charge >= 0.3 is 0 Å². The lowest BCUT2D eigenvalue weighted by atomic mass is 10.2. The fourth-order valence-corrected chi connectivity index (χ4v) is 2.99. The van der Waals surface area contributed by atoms with Crippen LogP contribution in [0.5, 0.6) is 5.75 Å². The maximum absolute atomic E-state index is 12.3. The molecule has 0 atom stereocenters. The first-order chi connectivity index (χ1) is 13.3. The van der Waals surface area contributed by atoms with E-state index < -0.39 is 0 Å². The molecule has 3 aromatic rings. The van der Waals surface area contributed by atoms with Gasteiger partial charge in [-0.05, 0) is 36.4 Å². The number of para-hydroxylation sites is 1. The van der Waals surface area contributed by atoms with Crippen LogP contribution in [0.3, 0.4) is 0 Å². The summed E-state index contributed by atoms with van der Waals surface area (Å²) in [5.74, 6) is 2.20. The molecule has 3 heterocycles. The maximum Gasteiger partial charge on any atom is 0.260 e. The Kier molecular flexibility index (Phi) is 5.00. The van der Waals surface area contributed by atoms with Gasteiger partial charge in [0, 0.05) is 26.2 Å². The van der Waals surface area contributed by atoms with Crippen molar-refractivity contribution in [3.63, 3.8) is 0 Å². The zero-order valence-corrected chi connectivity index (χ0v) is 14.8. The van der Waals surface area contributed by atoms with Crippen LogP contribution in [-0.2, 0) is 4.79 Å². The molecule has 7 heteroatoms. The number of piperazine rings is 1. The molecular formula is C20H20N4O3. The van der Waals surface area contributed by atoms with Crippen molar-refractivity contribution in [1.29, 1.82) is 0 Å². The van der Waals surface area contributed by atoms with Gasteiger partial charge in [0.15, 0.2) is 18.2 Å². The van der Waals surface area contributed by atoms with E-state index in [0.29, 0.717) is 43.4 Å². The van der Waals surface area contributed by atoms with Crippen molar-refractivity contribution < 1.29 is 13.9 Å². The zero-order valence-electron chi connectivity index (χ0n) is 14.8. The van der Waals surface area contributed by atoms with Crippen LogP contribution in [0.4, 0.5) is 5.82 Å². The molecule has 27 heavy (non-hydrogen) atoms. The zero-order chi connectivity index (χ0) is 18.5. The highest BCUT2D eigenvalue weighted by atomic mass is 16.5. The molecule has 1 amide bonds. The van der Waals surface area contributed by atoms with Gasteiger partial charge in [-0.2, -0.15) is 0 Å². The van der Waals surface area contributed by atoms with Crippen LogP contribution in [0.25, 0.3) is 11.5 Å². The van der Waals surface area contributed by atoms with E-state index >= 15 is 0 Å². The summed E-state index contributed by atoms with van der Waals surface area (Å²) in [6.07, 6.45) is 1.61. The number of hydrogen-bond acceptors (Lipinski definition) is 6. The third-order valence-corrected chi connectivity index (χ3v) is 4.49. The molecule has 0 radical (unpaired) electrons. The Hall–Kier alpha value is -3.35. The third-order valence-electron chi connectivity index (χ3n) is 4.49. The van der Waals surface area contributed by atoms with Gasteiger partial charge in [-0.1, -0.05) is 18.2 Å². The highest BCUT2D eigenvalue weighted by molar-refractivity contribution is 5.78. The Morgan fingerprint density at radius 3 is 2.44 bits per heavy atom. The summed E-state index contributed by atoms with van der Waals surface area (Å²) in [4.78, 5) is 16.3. The molecule has 1 aliphatic heterocycles. The minimum atomic E-state index is -0.00208. The number of benzene rings is 1. The first-order valence-electron chi connectivity index (χ1n) is 8.88. The van der Waals surface area contributed by atoms with E-state index in [1.807, 2.05) is 59.5 Å². The van der Waals surface area contributed by atoms with Gasteiger partial charge in [-0.15, -0.1) is 10.2 Å². The lowest BCUT2D eigenvalue weighted by Gasteiger charge is -2.35. The average Bonchev–Trinajstić information content (AvgIpc) is 3.28. The van der Waals surface area contributed by atoms with Crippen LogP contribution < -0.4 is 9.64 Å². The van der Waals surface area contributed by atoms with E-state index in [1.165, 1.54) is 0 Å².